The number of aryl methyl sites for hydroxylation is 2. The molecule has 1 aromatic heterocycles. The summed E-state index contributed by atoms with van der Waals surface area (Å²) >= 11 is 5.98. The topological polar surface area (TPSA) is 57.8 Å². The predicted octanol–water partition coefficient (Wildman–Crippen LogP) is 4.69. The van der Waals surface area contributed by atoms with Gasteiger partial charge in [-0.15, -0.1) is 0 Å². The van der Waals surface area contributed by atoms with Gasteiger partial charge in [0.05, 0.1) is 0 Å². The Labute approximate surface area is 150 Å². The summed E-state index contributed by atoms with van der Waals surface area (Å²) in [6.07, 6.45) is 3.51. The van der Waals surface area contributed by atoms with E-state index in [9.17, 15) is 10.1 Å². The Morgan fingerprint density at radius 1 is 1.28 bits per heavy atom. The molecule has 25 heavy (non-hydrogen) atoms. The highest BCUT2D eigenvalue weighted by atomic mass is 35.5. The number of amides is 1. The lowest BCUT2D eigenvalue weighted by Gasteiger charge is -2.08. The molecule has 0 fully saturated rings. The van der Waals surface area contributed by atoms with E-state index in [2.05, 4.69) is 5.32 Å². The molecule has 0 unspecified atom stereocenters. The van der Waals surface area contributed by atoms with E-state index in [-0.39, 0.29) is 5.57 Å². The van der Waals surface area contributed by atoms with Crippen molar-refractivity contribution in [2.24, 2.45) is 7.05 Å². The summed E-state index contributed by atoms with van der Waals surface area (Å²) in [5, 5.41) is 13.7. The summed E-state index contributed by atoms with van der Waals surface area (Å²) in [6.45, 7) is 1.87. The van der Waals surface area contributed by atoms with Crippen molar-refractivity contribution in [1.82, 2.24) is 4.57 Å². The number of fused-ring (bicyclic) bond motifs is 1. The van der Waals surface area contributed by atoms with E-state index in [4.69, 9.17) is 11.6 Å². The van der Waals surface area contributed by atoms with Crippen LogP contribution in [-0.4, -0.2) is 10.5 Å². The fourth-order valence-electron chi connectivity index (χ4n) is 2.71. The Morgan fingerprint density at radius 3 is 2.80 bits per heavy atom. The zero-order valence-corrected chi connectivity index (χ0v) is 14.6. The quantitative estimate of drug-likeness (QED) is 0.551. The van der Waals surface area contributed by atoms with Crippen LogP contribution in [0.3, 0.4) is 0 Å². The number of rotatable bonds is 3. The van der Waals surface area contributed by atoms with Gasteiger partial charge >= 0.3 is 0 Å². The van der Waals surface area contributed by atoms with E-state index in [1.165, 1.54) is 0 Å². The highest BCUT2D eigenvalue weighted by Crippen LogP contribution is 2.24. The molecule has 5 heteroatoms. The van der Waals surface area contributed by atoms with Crippen LogP contribution in [0.2, 0.25) is 5.02 Å². The highest BCUT2D eigenvalue weighted by Gasteiger charge is 2.13. The largest absolute Gasteiger partial charge is 0.350 e. The third-order valence-electron chi connectivity index (χ3n) is 4.04. The van der Waals surface area contributed by atoms with Crippen LogP contribution in [0.1, 0.15) is 11.1 Å². The van der Waals surface area contributed by atoms with Crippen molar-refractivity contribution in [2.75, 3.05) is 5.32 Å². The number of para-hydroxylation sites is 1. The van der Waals surface area contributed by atoms with Gasteiger partial charge < -0.3 is 9.88 Å². The summed E-state index contributed by atoms with van der Waals surface area (Å²) < 4.78 is 1.97. The van der Waals surface area contributed by atoms with Gasteiger partial charge in [0.15, 0.2) is 0 Å². The van der Waals surface area contributed by atoms with Crippen LogP contribution in [0.5, 0.6) is 0 Å². The summed E-state index contributed by atoms with van der Waals surface area (Å²) in [4.78, 5) is 12.5. The summed E-state index contributed by atoms with van der Waals surface area (Å²) in [7, 11) is 1.93. The lowest BCUT2D eigenvalue weighted by Crippen LogP contribution is -2.14. The first-order chi connectivity index (χ1) is 12.0. The van der Waals surface area contributed by atoms with Crippen LogP contribution >= 0.6 is 11.6 Å². The van der Waals surface area contributed by atoms with Gasteiger partial charge in [-0.05, 0) is 36.8 Å². The first-order valence-corrected chi connectivity index (χ1v) is 8.11. The molecule has 2 aromatic carbocycles. The molecule has 0 bridgehead atoms. The normalized spacial score (nSPS) is 11.4. The van der Waals surface area contributed by atoms with Crippen LogP contribution < -0.4 is 5.32 Å². The number of nitrogens with one attached hydrogen (secondary N) is 1. The van der Waals surface area contributed by atoms with E-state index in [1.54, 1.807) is 18.2 Å². The minimum atomic E-state index is -0.458. The first kappa shape index (κ1) is 16.8. The number of hydrogen-bond donors (Lipinski definition) is 1. The van der Waals surface area contributed by atoms with Gasteiger partial charge in [0.1, 0.15) is 11.6 Å². The summed E-state index contributed by atoms with van der Waals surface area (Å²) in [5.74, 6) is -0.458. The van der Waals surface area contributed by atoms with Crippen molar-refractivity contribution in [3.8, 4) is 6.07 Å². The number of aromatic nitrogens is 1. The molecule has 0 aliphatic heterocycles. The van der Waals surface area contributed by atoms with Crippen molar-refractivity contribution >= 4 is 40.2 Å². The number of nitriles is 1. The Kier molecular flexibility index (Phi) is 4.60. The maximum Gasteiger partial charge on any atom is 0.266 e. The molecule has 0 atom stereocenters. The zero-order chi connectivity index (χ0) is 18.0. The Bertz CT molecular complexity index is 1040. The summed E-state index contributed by atoms with van der Waals surface area (Å²) in [5.41, 5.74) is 3.37. The molecule has 1 N–H and O–H groups in total. The SMILES string of the molecule is Cc1ccc(Cl)cc1NC(=O)/C(C#N)=C/c1cn(C)c2ccccc12. The number of carbonyl (C=O) groups is 1. The Hall–Kier alpha value is -3.03. The molecule has 0 saturated carbocycles. The second-order valence-corrected chi connectivity index (χ2v) is 6.23. The van der Waals surface area contributed by atoms with Gasteiger partial charge in [0, 0.05) is 40.4 Å². The smallest absolute Gasteiger partial charge is 0.266 e. The molecule has 0 aliphatic carbocycles. The minimum absolute atomic E-state index is 0.0377. The molecule has 1 amide bonds. The van der Waals surface area contributed by atoms with Crippen LogP contribution in [0.4, 0.5) is 5.69 Å². The minimum Gasteiger partial charge on any atom is -0.350 e. The van der Waals surface area contributed by atoms with E-state index in [0.29, 0.717) is 10.7 Å². The van der Waals surface area contributed by atoms with Crippen molar-refractivity contribution < 1.29 is 4.79 Å². The number of anilines is 1. The van der Waals surface area contributed by atoms with Crippen molar-refractivity contribution in [2.45, 2.75) is 6.92 Å². The molecular formula is C20H16ClN3O. The standard InChI is InChI=1S/C20H16ClN3O/c1-13-7-8-16(21)10-18(13)23-20(25)14(11-22)9-15-12-24(2)19-6-4-3-5-17(15)19/h3-10,12H,1-2H3,(H,23,25)/b14-9+. The van der Waals surface area contributed by atoms with Crippen molar-refractivity contribution in [1.29, 1.82) is 5.26 Å². The maximum absolute atomic E-state index is 12.5. The molecule has 0 spiro atoms. The van der Waals surface area contributed by atoms with Crippen LogP contribution in [-0.2, 0) is 11.8 Å². The van der Waals surface area contributed by atoms with E-state index >= 15 is 0 Å². The number of nitrogens with zero attached hydrogens (tertiary/aromatic N) is 2. The van der Waals surface area contributed by atoms with Crippen LogP contribution in [0.25, 0.3) is 17.0 Å². The molecule has 0 aliphatic rings. The fraction of sp³-hybridized carbons (Fsp3) is 0.100. The average molecular weight is 350 g/mol. The predicted molar refractivity (Wildman–Crippen MR) is 101 cm³/mol. The fourth-order valence-corrected chi connectivity index (χ4v) is 2.88. The van der Waals surface area contributed by atoms with Crippen LogP contribution in [0, 0.1) is 18.3 Å². The van der Waals surface area contributed by atoms with Crippen molar-refractivity contribution in [3.05, 3.63) is 70.4 Å². The van der Waals surface area contributed by atoms with E-state index < -0.39 is 5.91 Å². The number of hydrogen-bond acceptors (Lipinski definition) is 2. The van der Waals surface area contributed by atoms with Gasteiger partial charge in [-0.3, -0.25) is 4.79 Å². The van der Waals surface area contributed by atoms with Crippen molar-refractivity contribution in [3.63, 3.8) is 0 Å². The molecule has 4 nitrogen and oxygen atoms in total. The second-order valence-electron chi connectivity index (χ2n) is 5.80. The molecular weight excluding hydrogens is 334 g/mol. The highest BCUT2D eigenvalue weighted by molar-refractivity contribution is 6.31. The van der Waals surface area contributed by atoms with Gasteiger partial charge in [0.25, 0.3) is 5.91 Å². The number of carbonyl (C=O) groups excluding carboxylic acids is 1. The van der Waals surface area contributed by atoms with Crippen LogP contribution in [0.15, 0.2) is 54.2 Å². The number of halogens is 1. The molecule has 0 saturated heterocycles. The molecule has 3 aromatic rings. The van der Waals surface area contributed by atoms with E-state index in [1.807, 2.05) is 61.1 Å². The molecule has 1 heterocycles. The summed E-state index contributed by atoms with van der Waals surface area (Å²) in [6, 6.07) is 15.1. The Balaban J connectivity index is 1.96. The lowest BCUT2D eigenvalue weighted by molar-refractivity contribution is -0.112. The second kappa shape index (κ2) is 6.84. The first-order valence-electron chi connectivity index (χ1n) is 7.73. The van der Waals surface area contributed by atoms with Gasteiger partial charge in [-0.2, -0.15) is 5.26 Å². The molecule has 0 radical (unpaired) electrons. The zero-order valence-electron chi connectivity index (χ0n) is 13.9. The molecule has 124 valence electrons. The average Bonchev–Trinajstić information content (AvgIpc) is 2.92. The van der Waals surface area contributed by atoms with E-state index in [0.717, 1.165) is 22.0 Å². The third-order valence-corrected chi connectivity index (χ3v) is 4.28. The third kappa shape index (κ3) is 3.42. The molecule has 3 rings (SSSR count). The monoisotopic (exact) mass is 349 g/mol. The maximum atomic E-state index is 12.5. The number of benzene rings is 2. The van der Waals surface area contributed by atoms with Gasteiger partial charge in [-0.25, -0.2) is 0 Å². The van der Waals surface area contributed by atoms with Gasteiger partial charge in [0.2, 0.25) is 0 Å². The lowest BCUT2D eigenvalue weighted by atomic mass is 10.1. The Morgan fingerprint density at radius 2 is 2.04 bits per heavy atom. The van der Waals surface area contributed by atoms with Gasteiger partial charge in [-0.1, -0.05) is 35.9 Å².